The van der Waals surface area contributed by atoms with Crippen molar-refractivity contribution in [2.24, 2.45) is 0 Å². The number of ether oxygens (including phenoxy) is 3. The number of sulfonamides is 1. The van der Waals surface area contributed by atoms with Gasteiger partial charge in [0.1, 0.15) is 17.2 Å². The van der Waals surface area contributed by atoms with Crippen LogP contribution in [-0.4, -0.2) is 67.9 Å². The number of aromatic nitrogens is 4. The van der Waals surface area contributed by atoms with E-state index < -0.39 is 39.1 Å². The molecule has 0 radical (unpaired) electrons. The van der Waals surface area contributed by atoms with Crippen LogP contribution in [-0.2, 0) is 41.8 Å². The maximum absolute atomic E-state index is 13.1. The molecular weight excluding hydrogens is 834 g/mol. The monoisotopic (exact) mass is 885 g/mol. The highest BCUT2D eigenvalue weighted by atomic mass is 35.5. The van der Waals surface area contributed by atoms with Gasteiger partial charge in [-0.2, -0.15) is 0 Å². The number of rotatable bonds is 25. The fourth-order valence-corrected chi connectivity index (χ4v) is 8.18. The first kappa shape index (κ1) is 45.9. The zero-order valence-electron chi connectivity index (χ0n) is 34.0. The number of anilines is 1. The van der Waals surface area contributed by atoms with Crippen molar-refractivity contribution in [1.82, 2.24) is 19.8 Å². The smallest absolute Gasteiger partial charge is 0.347 e. The number of aromatic amines is 1. The molecule has 0 spiro atoms. The molecule has 3 aromatic carbocycles. The predicted octanol–water partition coefficient (Wildman–Crippen LogP) is 9.00. The summed E-state index contributed by atoms with van der Waals surface area (Å²) in [7, 11) is -3.93. The van der Waals surface area contributed by atoms with Gasteiger partial charge in [0.2, 0.25) is 26.8 Å². The summed E-state index contributed by atoms with van der Waals surface area (Å²) < 4.78 is 64.8. The number of nitrogens with one attached hydrogen (secondary N) is 2. The molecule has 5 rings (SSSR count). The predicted molar refractivity (Wildman–Crippen MR) is 229 cm³/mol. The zero-order chi connectivity index (χ0) is 43.1. The Balaban J connectivity index is 1.06. The summed E-state index contributed by atoms with van der Waals surface area (Å²) in [6, 6.07) is 16.4. The second-order valence-corrected chi connectivity index (χ2v) is 17.7. The van der Waals surface area contributed by atoms with Crippen molar-refractivity contribution in [1.29, 1.82) is 0 Å². The van der Waals surface area contributed by atoms with Gasteiger partial charge in [-0.05, 0) is 93.4 Å². The number of phenols is 1. The molecule has 60 heavy (non-hydrogen) atoms. The number of aryl methyl sites for hydroxylation is 2. The van der Waals surface area contributed by atoms with Gasteiger partial charge in [0.05, 0.1) is 39.2 Å². The number of carbonyl (C=O) groups excluding carboxylic acids is 2. The van der Waals surface area contributed by atoms with Crippen LogP contribution in [0.4, 0.5) is 5.69 Å². The number of phenolic OH excluding ortho intramolecular Hbond substituents is 1. The molecule has 0 aliphatic heterocycles. The number of esters is 2. The van der Waals surface area contributed by atoms with Gasteiger partial charge in [-0.1, -0.05) is 76.3 Å². The number of aromatic hydroxyl groups is 1. The molecule has 324 valence electrons. The van der Waals surface area contributed by atoms with E-state index >= 15 is 0 Å². The lowest BCUT2D eigenvalue weighted by Gasteiger charge is -2.14. The van der Waals surface area contributed by atoms with Gasteiger partial charge in [0.25, 0.3) is 0 Å². The molecule has 0 aliphatic carbocycles. The average Bonchev–Trinajstić information content (AvgIpc) is 3.74. The topological polar surface area (TPSA) is 201 Å². The summed E-state index contributed by atoms with van der Waals surface area (Å²) in [5.41, 5.74) is 1.02. The molecule has 2 unspecified atom stereocenters. The third kappa shape index (κ3) is 14.0. The van der Waals surface area contributed by atoms with E-state index in [9.17, 15) is 27.3 Å². The van der Waals surface area contributed by atoms with Gasteiger partial charge in [-0.3, -0.25) is 9.82 Å². The highest BCUT2D eigenvalue weighted by molar-refractivity contribution is 7.92. The fourth-order valence-electron chi connectivity index (χ4n) is 6.08. The first-order valence-corrected chi connectivity index (χ1v) is 23.2. The molecule has 0 aliphatic rings. The van der Waals surface area contributed by atoms with Gasteiger partial charge < -0.3 is 23.5 Å². The Labute approximate surface area is 357 Å². The van der Waals surface area contributed by atoms with E-state index in [1.54, 1.807) is 31.2 Å². The first-order chi connectivity index (χ1) is 28.8. The normalized spacial score (nSPS) is 12.5. The van der Waals surface area contributed by atoms with Crippen LogP contribution in [0.5, 0.6) is 23.0 Å². The molecule has 15 nitrogen and oxygen atoms in total. The molecule has 0 bridgehead atoms. The highest BCUT2D eigenvalue weighted by Gasteiger charge is 2.23. The first-order valence-electron chi connectivity index (χ1n) is 20.1. The van der Waals surface area contributed by atoms with Crippen molar-refractivity contribution in [3.05, 3.63) is 88.8 Å². The number of benzene rings is 3. The van der Waals surface area contributed by atoms with Crippen molar-refractivity contribution in [3.63, 3.8) is 0 Å². The molecule has 0 amide bonds. The van der Waals surface area contributed by atoms with Crippen LogP contribution in [0.3, 0.4) is 0 Å². The van der Waals surface area contributed by atoms with Crippen molar-refractivity contribution < 1.29 is 45.7 Å². The molecular formula is C42H52ClN5O10S2. The molecule has 0 saturated carbocycles. The SMILES string of the molecule is CCCCCCCCCCCCOC(=O)C(C)OC(=O)c1ccc(Cl)c(NS(=O)(=O)CCCc2nc3c(Oc4ccc(S(=O)Oc5ccc(O)cc5)cc4)c(C)[nH]n3n2)c1. The van der Waals surface area contributed by atoms with Crippen LogP contribution in [0, 0.1) is 6.92 Å². The number of unbranched alkanes of at least 4 members (excludes halogenated alkanes) is 9. The van der Waals surface area contributed by atoms with Crippen molar-refractivity contribution in [2.75, 3.05) is 17.1 Å². The third-order valence-corrected chi connectivity index (χ3v) is 12.0. The Morgan fingerprint density at radius 1 is 0.917 bits per heavy atom. The second kappa shape index (κ2) is 22.5. The summed E-state index contributed by atoms with van der Waals surface area (Å²) in [5, 5.41) is 17.0. The number of carbonyl (C=O) groups is 2. The Morgan fingerprint density at radius 3 is 2.25 bits per heavy atom. The Bertz CT molecular complexity index is 2320. The number of halogens is 1. The van der Waals surface area contributed by atoms with E-state index in [1.165, 1.54) is 99.0 Å². The largest absolute Gasteiger partial charge is 0.508 e. The van der Waals surface area contributed by atoms with Crippen molar-refractivity contribution >= 4 is 56.0 Å². The molecule has 2 aromatic heterocycles. The van der Waals surface area contributed by atoms with Crippen molar-refractivity contribution in [2.45, 2.75) is 109 Å². The number of H-pyrrole nitrogens is 1. The van der Waals surface area contributed by atoms with Crippen LogP contribution in [0.2, 0.25) is 5.02 Å². The lowest BCUT2D eigenvalue weighted by Crippen LogP contribution is -2.26. The minimum atomic E-state index is -3.93. The number of hydrogen-bond acceptors (Lipinski definition) is 12. The van der Waals surface area contributed by atoms with Gasteiger partial charge in [0, 0.05) is 6.42 Å². The van der Waals surface area contributed by atoms with E-state index in [-0.39, 0.29) is 47.2 Å². The number of nitrogens with zero attached hydrogens (tertiary/aromatic N) is 3. The summed E-state index contributed by atoms with van der Waals surface area (Å²) in [4.78, 5) is 30.3. The number of hydrogen-bond donors (Lipinski definition) is 3. The van der Waals surface area contributed by atoms with E-state index in [1.807, 2.05) is 0 Å². The zero-order valence-corrected chi connectivity index (χ0v) is 36.4. The lowest BCUT2D eigenvalue weighted by molar-refractivity contribution is -0.153. The van der Waals surface area contributed by atoms with Crippen molar-refractivity contribution in [3.8, 4) is 23.0 Å². The van der Waals surface area contributed by atoms with Crippen LogP contribution in [0.25, 0.3) is 5.65 Å². The minimum Gasteiger partial charge on any atom is -0.508 e. The molecule has 2 atom stereocenters. The standard InChI is InChI=1S/C42H52ClN5O10S2/c1-4-5-6-7-8-9-10-11-12-13-26-55-41(50)30(3)56-42(51)31-16-25-36(43)37(28-31)47-60(53,54)27-14-15-38-44-40-39(29(2)45-48(40)46-38)57-33-21-23-35(24-22-33)59(52)58-34-19-17-32(49)18-20-34/h16-25,28,30,45,47,49H,4-15,26-27H2,1-3H3. The maximum Gasteiger partial charge on any atom is 0.347 e. The second-order valence-electron chi connectivity index (χ2n) is 14.3. The lowest BCUT2D eigenvalue weighted by atomic mass is 10.1. The van der Waals surface area contributed by atoms with Crippen LogP contribution >= 0.6 is 11.6 Å². The Morgan fingerprint density at radius 2 is 1.57 bits per heavy atom. The summed E-state index contributed by atoms with van der Waals surface area (Å²) in [6.07, 6.45) is 10.8. The summed E-state index contributed by atoms with van der Waals surface area (Å²) in [6.45, 7) is 5.66. The maximum atomic E-state index is 13.1. The highest BCUT2D eigenvalue weighted by Crippen LogP contribution is 2.30. The quantitative estimate of drug-likeness (QED) is 0.0372. The average molecular weight is 886 g/mol. The van der Waals surface area contributed by atoms with E-state index in [2.05, 4.69) is 26.8 Å². The van der Waals surface area contributed by atoms with E-state index in [0.29, 0.717) is 39.3 Å². The fraction of sp³-hybridized carbons (Fsp3) is 0.429. The molecule has 0 fully saturated rings. The van der Waals surface area contributed by atoms with E-state index in [0.717, 1.165) is 19.3 Å². The molecule has 3 N–H and O–H groups in total. The van der Waals surface area contributed by atoms with Gasteiger partial charge >= 0.3 is 11.9 Å². The Kier molecular flexibility index (Phi) is 17.2. The third-order valence-electron chi connectivity index (χ3n) is 9.35. The molecule has 0 saturated heterocycles. The van der Waals surface area contributed by atoms with Gasteiger partial charge in [-0.25, -0.2) is 27.2 Å². The van der Waals surface area contributed by atoms with Crippen LogP contribution in [0.15, 0.2) is 71.6 Å². The molecule has 2 heterocycles. The summed E-state index contributed by atoms with van der Waals surface area (Å²) >= 11 is 4.49. The van der Waals surface area contributed by atoms with Gasteiger partial charge in [-0.15, -0.1) is 9.73 Å². The molecule has 5 aromatic rings. The van der Waals surface area contributed by atoms with Crippen LogP contribution in [0.1, 0.15) is 106 Å². The van der Waals surface area contributed by atoms with E-state index in [4.69, 9.17) is 30.0 Å². The Hall–Kier alpha value is -5.13. The number of fused-ring (bicyclic) bond motifs is 1. The van der Waals surface area contributed by atoms with Gasteiger partial charge in [0.15, 0.2) is 17.7 Å². The summed E-state index contributed by atoms with van der Waals surface area (Å²) in [5.74, 6) is -0.174. The van der Waals surface area contributed by atoms with Crippen LogP contribution < -0.4 is 13.6 Å². The molecule has 18 heteroatoms. The minimum absolute atomic E-state index is 0.00239.